The second-order valence-corrected chi connectivity index (χ2v) is 9.13. The number of fused-ring (bicyclic) bond motifs is 1. The van der Waals surface area contributed by atoms with Crippen molar-refractivity contribution in [3.05, 3.63) is 58.4 Å². The smallest absolute Gasteiger partial charge is 0.249 e. The lowest BCUT2D eigenvalue weighted by atomic mass is 9.97. The van der Waals surface area contributed by atoms with E-state index in [1.54, 1.807) is 6.07 Å². The molecule has 0 saturated carbocycles. The zero-order valence-electron chi connectivity index (χ0n) is 17.5. The standard InChI is InChI=1S/C24H32N2OS/c1-17(2)26(18(3)4)14-9-15-28-22-13-8-12-20-21(16-23(27)25-24(20)22)19-10-6-5-7-11-19/h6,8,10-13,16-18H,5,7,9,14-15H2,1-4H3,(H,25,27). The highest BCUT2D eigenvalue weighted by atomic mass is 32.2. The summed E-state index contributed by atoms with van der Waals surface area (Å²) >= 11 is 1.85. The molecule has 3 rings (SSSR count). The van der Waals surface area contributed by atoms with Crippen molar-refractivity contribution in [2.45, 2.75) is 63.9 Å². The van der Waals surface area contributed by atoms with Crippen LogP contribution in [0.1, 0.15) is 52.5 Å². The summed E-state index contributed by atoms with van der Waals surface area (Å²) in [5.41, 5.74) is 3.15. The number of pyridine rings is 1. The Morgan fingerprint density at radius 1 is 1.14 bits per heavy atom. The zero-order valence-corrected chi connectivity index (χ0v) is 18.3. The lowest BCUT2D eigenvalue weighted by Crippen LogP contribution is -2.37. The Hall–Kier alpha value is -1.78. The van der Waals surface area contributed by atoms with Crippen LogP contribution in [0.2, 0.25) is 0 Å². The van der Waals surface area contributed by atoms with E-state index in [-0.39, 0.29) is 5.56 Å². The van der Waals surface area contributed by atoms with E-state index in [0.29, 0.717) is 12.1 Å². The predicted molar refractivity (Wildman–Crippen MR) is 123 cm³/mol. The molecule has 4 heteroatoms. The quantitative estimate of drug-likeness (QED) is 0.448. The molecule has 1 aliphatic rings. The van der Waals surface area contributed by atoms with E-state index in [1.165, 1.54) is 0 Å². The fourth-order valence-corrected chi connectivity index (χ4v) is 4.94. The molecular weight excluding hydrogens is 364 g/mol. The minimum absolute atomic E-state index is 0.0267. The van der Waals surface area contributed by atoms with Crippen molar-refractivity contribution in [3.8, 4) is 0 Å². The van der Waals surface area contributed by atoms with Crippen LogP contribution >= 0.6 is 11.8 Å². The summed E-state index contributed by atoms with van der Waals surface area (Å²) in [6, 6.07) is 9.22. The van der Waals surface area contributed by atoms with Crippen LogP contribution < -0.4 is 5.56 Å². The molecule has 1 aliphatic carbocycles. The van der Waals surface area contributed by atoms with E-state index in [2.05, 4.69) is 74.0 Å². The second kappa shape index (κ2) is 9.62. The summed E-state index contributed by atoms with van der Waals surface area (Å²) in [4.78, 5) is 19.1. The molecule has 28 heavy (non-hydrogen) atoms. The molecule has 0 fully saturated rings. The van der Waals surface area contributed by atoms with Crippen LogP contribution in [-0.4, -0.2) is 34.3 Å². The topological polar surface area (TPSA) is 36.1 Å². The Balaban J connectivity index is 1.79. The third kappa shape index (κ3) is 4.98. The van der Waals surface area contributed by atoms with Gasteiger partial charge in [-0.2, -0.15) is 0 Å². The van der Waals surface area contributed by atoms with Gasteiger partial charge in [0.05, 0.1) is 5.52 Å². The van der Waals surface area contributed by atoms with Crippen LogP contribution in [0.4, 0.5) is 0 Å². The number of aromatic nitrogens is 1. The first-order valence-corrected chi connectivity index (χ1v) is 11.4. The van der Waals surface area contributed by atoms with Gasteiger partial charge >= 0.3 is 0 Å². The fraction of sp³-hybridized carbons (Fsp3) is 0.458. The zero-order chi connectivity index (χ0) is 20.1. The number of aromatic amines is 1. The Labute approximate surface area is 172 Å². The first-order chi connectivity index (χ1) is 13.5. The third-order valence-electron chi connectivity index (χ3n) is 5.29. The van der Waals surface area contributed by atoms with Gasteiger partial charge in [0.1, 0.15) is 0 Å². The van der Waals surface area contributed by atoms with Gasteiger partial charge in [0, 0.05) is 28.4 Å². The molecule has 1 heterocycles. The van der Waals surface area contributed by atoms with Gasteiger partial charge in [0.25, 0.3) is 0 Å². The number of para-hydroxylation sites is 1. The van der Waals surface area contributed by atoms with Crippen molar-refractivity contribution < 1.29 is 0 Å². The van der Waals surface area contributed by atoms with Gasteiger partial charge in [-0.1, -0.05) is 30.4 Å². The first kappa shape index (κ1) is 20.9. The SMILES string of the molecule is CC(C)N(CCCSc1cccc2c(C3=CCCC=C3)cc(=O)[nH]c12)C(C)C. The molecule has 2 aromatic rings. The molecule has 1 aromatic carbocycles. The van der Waals surface area contributed by atoms with Crippen molar-refractivity contribution in [1.29, 1.82) is 0 Å². The van der Waals surface area contributed by atoms with Gasteiger partial charge < -0.3 is 4.98 Å². The number of H-pyrrole nitrogens is 1. The van der Waals surface area contributed by atoms with Crippen LogP contribution in [-0.2, 0) is 0 Å². The lowest BCUT2D eigenvalue weighted by Gasteiger charge is -2.30. The summed E-state index contributed by atoms with van der Waals surface area (Å²) in [5.74, 6) is 1.05. The van der Waals surface area contributed by atoms with E-state index >= 15 is 0 Å². The Morgan fingerprint density at radius 2 is 1.93 bits per heavy atom. The van der Waals surface area contributed by atoms with Crippen LogP contribution in [0.25, 0.3) is 16.5 Å². The van der Waals surface area contributed by atoms with Crippen LogP contribution in [0.3, 0.4) is 0 Å². The van der Waals surface area contributed by atoms with E-state index in [9.17, 15) is 4.79 Å². The maximum absolute atomic E-state index is 12.3. The monoisotopic (exact) mass is 396 g/mol. The van der Waals surface area contributed by atoms with E-state index < -0.39 is 0 Å². The summed E-state index contributed by atoms with van der Waals surface area (Å²) < 4.78 is 0. The number of nitrogens with zero attached hydrogens (tertiary/aromatic N) is 1. The number of rotatable bonds is 8. The largest absolute Gasteiger partial charge is 0.321 e. The van der Waals surface area contributed by atoms with E-state index in [1.807, 2.05) is 11.8 Å². The molecule has 0 spiro atoms. The van der Waals surface area contributed by atoms with Gasteiger partial charge in [-0.25, -0.2) is 0 Å². The van der Waals surface area contributed by atoms with Crippen molar-refractivity contribution >= 4 is 28.2 Å². The van der Waals surface area contributed by atoms with Crippen molar-refractivity contribution in [2.75, 3.05) is 12.3 Å². The first-order valence-electron chi connectivity index (χ1n) is 10.4. The van der Waals surface area contributed by atoms with Gasteiger partial charge in [-0.05, 0) is 76.5 Å². The normalized spacial score (nSPS) is 14.5. The number of hydrogen-bond donors (Lipinski definition) is 1. The highest BCUT2D eigenvalue weighted by Crippen LogP contribution is 2.32. The number of allylic oxidation sites excluding steroid dienone is 4. The minimum Gasteiger partial charge on any atom is -0.321 e. The molecule has 0 atom stereocenters. The molecule has 150 valence electrons. The third-order valence-corrected chi connectivity index (χ3v) is 6.43. The summed E-state index contributed by atoms with van der Waals surface area (Å²) in [6.45, 7) is 10.2. The number of nitrogens with one attached hydrogen (secondary N) is 1. The van der Waals surface area contributed by atoms with Gasteiger partial charge in [0.2, 0.25) is 5.56 Å². The molecule has 0 aliphatic heterocycles. The van der Waals surface area contributed by atoms with Gasteiger partial charge in [0.15, 0.2) is 0 Å². The minimum atomic E-state index is -0.0267. The van der Waals surface area contributed by atoms with Crippen molar-refractivity contribution in [2.24, 2.45) is 0 Å². The van der Waals surface area contributed by atoms with E-state index in [4.69, 9.17) is 0 Å². The van der Waals surface area contributed by atoms with Crippen LogP contribution in [0.5, 0.6) is 0 Å². The molecule has 0 radical (unpaired) electrons. The fourth-order valence-electron chi connectivity index (χ4n) is 3.97. The number of thioether (sulfide) groups is 1. The van der Waals surface area contributed by atoms with Crippen molar-refractivity contribution in [1.82, 2.24) is 9.88 Å². The predicted octanol–water partition coefficient (Wildman–Crippen LogP) is 5.86. The average Bonchev–Trinajstić information content (AvgIpc) is 2.67. The maximum Gasteiger partial charge on any atom is 0.249 e. The molecule has 1 N–H and O–H groups in total. The Morgan fingerprint density at radius 3 is 2.61 bits per heavy atom. The summed E-state index contributed by atoms with van der Waals surface area (Å²) in [7, 11) is 0. The van der Waals surface area contributed by atoms with Gasteiger partial charge in [-0.15, -0.1) is 11.8 Å². The molecule has 3 nitrogen and oxygen atoms in total. The molecule has 0 unspecified atom stereocenters. The number of benzene rings is 1. The highest BCUT2D eigenvalue weighted by Gasteiger charge is 2.14. The van der Waals surface area contributed by atoms with E-state index in [0.717, 1.165) is 58.5 Å². The lowest BCUT2D eigenvalue weighted by molar-refractivity contribution is 0.176. The molecule has 1 aromatic heterocycles. The molecule has 0 amide bonds. The number of hydrogen-bond acceptors (Lipinski definition) is 3. The Bertz CT molecular complexity index is 916. The second-order valence-electron chi connectivity index (χ2n) is 7.99. The molecule has 0 saturated heterocycles. The average molecular weight is 397 g/mol. The van der Waals surface area contributed by atoms with Crippen molar-refractivity contribution in [3.63, 3.8) is 0 Å². The highest BCUT2D eigenvalue weighted by molar-refractivity contribution is 7.99. The molecule has 0 bridgehead atoms. The van der Waals surface area contributed by atoms with Gasteiger partial charge in [-0.3, -0.25) is 9.69 Å². The van der Waals surface area contributed by atoms with Crippen LogP contribution in [0, 0.1) is 0 Å². The summed E-state index contributed by atoms with van der Waals surface area (Å²) in [5, 5.41) is 1.13. The Kier molecular flexibility index (Phi) is 7.19. The molecular formula is C24H32N2OS. The summed E-state index contributed by atoms with van der Waals surface area (Å²) in [6.07, 6.45) is 9.82. The maximum atomic E-state index is 12.3. The van der Waals surface area contributed by atoms with Crippen LogP contribution in [0.15, 0.2) is 52.2 Å².